The van der Waals surface area contributed by atoms with E-state index in [2.05, 4.69) is 19.2 Å². The van der Waals surface area contributed by atoms with E-state index < -0.39 is 6.10 Å². The number of fused-ring (bicyclic) bond motifs is 1. The van der Waals surface area contributed by atoms with Crippen molar-refractivity contribution in [2.24, 2.45) is 5.92 Å². The lowest BCUT2D eigenvalue weighted by Gasteiger charge is -2.34. The number of carbonyl (C=O) groups is 2. The molecule has 0 spiro atoms. The molecule has 1 aliphatic heterocycles. The highest BCUT2D eigenvalue weighted by Crippen LogP contribution is 2.36. The molecule has 1 unspecified atom stereocenters. The molecule has 2 aromatic carbocycles. The smallest absolute Gasteiger partial charge is 0.267 e. The number of anilines is 2. The van der Waals surface area contributed by atoms with Gasteiger partial charge in [-0.3, -0.25) is 9.59 Å². The molecule has 1 atom stereocenters. The number of amides is 2. The lowest BCUT2D eigenvalue weighted by atomic mass is 10.1. The Kier molecular flexibility index (Phi) is 5.78. The van der Waals surface area contributed by atoms with Crippen molar-refractivity contribution in [3.8, 4) is 5.75 Å². The maximum Gasteiger partial charge on any atom is 0.267 e. The summed E-state index contributed by atoms with van der Waals surface area (Å²) in [5, 5.41) is 2.77. The van der Waals surface area contributed by atoms with Crippen LogP contribution in [0, 0.1) is 11.7 Å². The molecule has 0 radical (unpaired) electrons. The number of ether oxygens (including phenoxy) is 1. The van der Waals surface area contributed by atoms with Gasteiger partial charge in [0.15, 0.2) is 6.10 Å². The first-order valence-electron chi connectivity index (χ1n) is 9.20. The molecule has 6 heteroatoms. The summed E-state index contributed by atoms with van der Waals surface area (Å²) in [7, 11) is 0. The number of nitrogens with zero attached hydrogens (tertiary/aromatic N) is 1. The first-order valence-corrected chi connectivity index (χ1v) is 9.20. The van der Waals surface area contributed by atoms with E-state index in [9.17, 15) is 14.0 Å². The fourth-order valence-electron chi connectivity index (χ4n) is 2.97. The quantitative estimate of drug-likeness (QED) is 0.787. The van der Waals surface area contributed by atoms with E-state index in [4.69, 9.17) is 4.74 Å². The zero-order chi connectivity index (χ0) is 20.3. The lowest BCUT2D eigenvalue weighted by Crippen LogP contribution is -2.46. The molecule has 1 N–H and O–H groups in total. The Morgan fingerprint density at radius 1 is 1.25 bits per heavy atom. The second kappa shape index (κ2) is 8.25. The van der Waals surface area contributed by atoms with Crippen molar-refractivity contribution in [2.75, 3.05) is 16.8 Å². The standard InChI is InChI=1S/C22H23FN2O3/c1-14(2)13-25-19-10-9-18(12-20(19)28-15(3)22(25)27)24-21(26)11-6-16-4-7-17(23)8-5-16/h4-12,14-15H,13H2,1-3H3,(H,24,26)/b11-6+. The van der Waals surface area contributed by atoms with Crippen LogP contribution in [0.5, 0.6) is 5.75 Å². The second-order valence-corrected chi connectivity index (χ2v) is 7.16. The lowest BCUT2D eigenvalue weighted by molar-refractivity contribution is -0.125. The molecule has 1 aliphatic rings. The monoisotopic (exact) mass is 382 g/mol. The van der Waals surface area contributed by atoms with Gasteiger partial charge in [-0.25, -0.2) is 4.39 Å². The third kappa shape index (κ3) is 4.57. The molecular formula is C22H23FN2O3. The zero-order valence-corrected chi connectivity index (χ0v) is 16.1. The van der Waals surface area contributed by atoms with E-state index >= 15 is 0 Å². The van der Waals surface area contributed by atoms with Gasteiger partial charge < -0.3 is 15.0 Å². The SMILES string of the molecule is CC(C)CN1C(=O)C(C)Oc2cc(NC(=O)/C=C/c3ccc(F)cc3)ccc21. The van der Waals surface area contributed by atoms with Crippen LogP contribution in [-0.2, 0) is 9.59 Å². The highest BCUT2D eigenvalue weighted by atomic mass is 19.1. The Hall–Kier alpha value is -3.15. The van der Waals surface area contributed by atoms with Gasteiger partial charge in [0.1, 0.15) is 11.6 Å². The first-order chi connectivity index (χ1) is 13.3. The molecule has 0 saturated carbocycles. The summed E-state index contributed by atoms with van der Waals surface area (Å²) in [6.45, 7) is 6.42. The van der Waals surface area contributed by atoms with E-state index in [0.29, 0.717) is 29.6 Å². The van der Waals surface area contributed by atoms with Crippen LogP contribution in [0.1, 0.15) is 26.3 Å². The van der Waals surface area contributed by atoms with Crippen molar-refractivity contribution in [1.29, 1.82) is 0 Å². The molecule has 0 saturated heterocycles. The number of rotatable bonds is 5. The van der Waals surface area contributed by atoms with Crippen molar-refractivity contribution < 1.29 is 18.7 Å². The maximum absolute atomic E-state index is 12.9. The third-order valence-electron chi connectivity index (χ3n) is 4.28. The fourth-order valence-corrected chi connectivity index (χ4v) is 2.97. The Morgan fingerprint density at radius 3 is 2.64 bits per heavy atom. The highest BCUT2D eigenvalue weighted by Gasteiger charge is 2.31. The van der Waals surface area contributed by atoms with E-state index in [1.54, 1.807) is 48.2 Å². The molecule has 146 valence electrons. The summed E-state index contributed by atoms with van der Waals surface area (Å²) in [5.74, 6) is 0.171. The van der Waals surface area contributed by atoms with Crippen LogP contribution in [0.25, 0.3) is 6.08 Å². The van der Waals surface area contributed by atoms with E-state index in [-0.39, 0.29) is 17.6 Å². The number of halogens is 1. The Morgan fingerprint density at radius 2 is 1.96 bits per heavy atom. The Bertz CT molecular complexity index is 906. The number of carbonyl (C=O) groups excluding carboxylic acids is 2. The van der Waals surface area contributed by atoms with Crippen LogP contribution in [0.15, 0.2) is 48.5 Å². The molecule has 5 nitrogen and oxygen atoms in total. The van der Waals surface area contributed by atoms with Crippen molar-refractivity contribution in [2.45, 2.75) is 26.9 Å². The minimum absolute atomic E-state index is 0.0692. The van der Waals surface area contributed by atoms with Crippen LogP contribution >= 0.6 is 0 Å². The number of hydrogen-bond donors (Lipinski definition) is 1. The molecule has 1 heterocycles. The molecule has 0 aromatic heterocycles. The molecule has 0 fully saturated rings. The second-order valence-electron chi connectivity index (χ2n) is 7.16. The zero-order valence-electron chi connectivity index (χ0n) is 16.1. The molecule has 3 rings (SSSR count). The summed E-state index contributed by atoms with van der Waals surface area (Å²) in [4.78, 5) is 26.3. The number of benzene rings is 2. The van der Waals surface area contributed by atoms with Crippen molar-refractivity contribution in [3.05, 3.63) is 59.9 Å². The Labute approximate surface area is 163 Å². The van der Waals surface area contributed by atoms with Gasteiger partial charge in [0, 0.05) is 24.4 Å². The summed E-state index contributed by atoms with van der Waals surface area (Å²) < 4.78 is 18.6. The van der Waals surface area contributed by atoms with Crippen LogP contribution in [-0.4, -0.2) is 24.5 Å². The molecule has 2 aromatic rings. The summed E-state index contributed by atoms with van der Waals surface area (Å²) in [6.07, 6.45) is 2.41. The summed E-state index contributed by atoms with van der Waals surface area (Å²) >= 11 is 0. The van der Waals surface area contributed by atoms with E-state index in [1.807, 2.05) is 0 Å². The topological polar surface area (TPSA) is 58.6 Å². The Balaban J connectivity index is 1.74. The van der Waals surface area contributed by atoms with Crippen LogP contribution in [0.3, 0.4) is 0 Å². The van der Waals surface area contributed by atoms with Crippen molar-refractivity contribution in [1.82, 2.24) is 0 Å². The van der Waals surface area contributed by atoms with Gasteiger partial charge in [0.25, 0.3) is 5.91 Å². The average molecular weight is 382 g/mol. The minimum atomic E-state index is -0.574. The van der Waals surface area contributed by atoms with Gasteiger partial charge in [0.05, 0.1) is 5.69 Å². The van der Waals surface area contributed by atoms with Gasteiger partial charge in [-0.15, -0.1) is 0 Å². The average Bonchev–Trinajstić information content (AvgIpc) is 2.64. The van der Waals surface area contributed by atoms with E-state index in [0.717, 1.165) is 5.56 Å². The largest absolute Gasteiger partial charge is 0.479 e. The van der Waals surface area contributed by atoms with Gasteiger partial charge in [0.2, 0.25) is 5.91 Å². The summed E-state index contributed by atoms with van der Waals surface area (Å²) in [5.41, 5.74) is 2.00. The normalized spacial score (nSPS) is 16.2. The van der Waals surface area contributed by atoms with Crippen molar-refractivity contribution in [3.63, 3.8) is 0 Å². The fraction of sp³-hybridized carbons (Fsp3) is 0.273. The molecular weight excluding hydrogens is 359 g/mol. The third-order valence-corrected chi connectivity index (χ3v) is 4.28. The summed E-state index contributed by atoms with van der Waals surface area (Å²) in [6, 6.07) is 11.1. The predicted molar refractivity (Wildman–Crippen MR) is 108 cm³/mol. The molecule has 0 aliphatic carbocycles. The minimum Gasteiger partial charge on any atom is -0.479 e. The highest BCUT2D eigenvalue weighted by molar-refractivity contribution is 6.03. The van der Waals surface area contributed by atoms with Gasteiger partial charge >= 0.3 is 0 Å². The van der Waals surface area contributed by atoms with Crippen LogP contribution < -0.4 is 15.0 Å². The van der Waals surface area contributed by atoms with Crippen LogP contribution in [0.4, 0.5) is 15.8 Å². The maximum atomic E-state index is 12.9. The molecule has 28 heavy (non-hydrogen) atoms. The van der Waals surface area contributed by atoms with Gasteiger partial charge in [-0.2, -0.15) is 0 Å². The first kappa shape index (κ1) is 19.6. The number of nitrogens with one attached hydrogen (secondary N) is 1. The van der Waals surface area contributed by atoms with Crippen LogP contribution in [0.2, 0.25) is 0 Å². The van der Waals surface area contributed by atoms with Gasteiger partial charge in [-0.05, 0) is 48.7 Å². The van der Waals surface area contributed by atoms with Crippen molar-refractivity contribution >= 4 is 29.3 Å². The van der Waals surface area contributed by atoms with E-state index in [1.165, 1.54) is 18.2 Å². The number of hydrogen-bond acceptors (Lipinski definition) is 3. The predicted octanol–water partition coefficient (Wildman–Crippen LogP) is 4.25. The molecule has 0 bridgehead atoms. The van der Waals surface area contributed by atoms with Gasteiger partial charge in [-0.1, -0.05) is 26.0 Å². The molecule has 2 amide bonds.